The molecular formula is C13H7BrF4N4O. The van der Waals surface area contributed by atoms with Crippen LogP contribution in [0.5, 0.6) is 0 Å². The number of hydrogen-bond donors (Lipinski definition) is 1. The van der Waals surface area contributed by atoms with E-state index >= 15 is 0 Å². The van der Waals surface area contributed by atoms with E-state index in [1.54, 1.807) is 0 Å². The molecule has 0 amide bonds. The van der Waals surface area contributed by atoms with Crippen molar-refractivity contribution in [1.29, 1.82) is 0 Å². The third-order valence-electron chi connectivity index (χ3n) is 3.16. The minimum absolute atomic E-state index is 0.123. The number of imidazole rings is 1. The number of benzene rings is 1. The first-order valence-corrected chi connectivity index (χ1v) is 6.90. The lowest BCUT2D eigenvalue weighted by Gasteiger charge is -2.14. The Labute approximate surface area is 134 Å². The summed E-state index contributed by atoms with van der Waals surface area (Å²) >= 11 is 3.03. The summed E-state index contributed by atoms with van der Waals surface area (Å²) in [6.07, 6.45) is -2.64. The Hall–Kier alpha value is -2.36. The van der Waals surface area contributed by atoms with E-state index in [4.69, 9.17) is 5.73 Å². The number of nitrogen functional groups attached to an aromatic ring is 1. The summed E-state index contributed by atoms with van der Waals surface area (Å²) in [5.41, 5.74) is 3.22. The third-order valence-corrected chi connectivity index (χ3v) is 3.85. The van der Waals surface area contributed by atoms with Crippen molar-refractivity contribution in [2.24, 2.45) is 0 Å². The third kappa shape index (κ3) is 2.48. The fourth-order valence-corrected chi connectivity index (χ4v) is 2.48. The van der Waals surface area contributed by atoms with E-state index in [2.05, 4.69) is 20.9 Å². The number of hydrogen-bond acceptors (Lipinski definition) is 3. The van der Waals surface area contributed by atoms with Gasteiger partial charge in [-0.3, -0.25) is 9.20 Å². The van der Waals surface area contributed by atoms with E-state index in [9.17, 15) is 22.4 Å². The van der Waals surface area contributed by atoms with Gasteiger partial charge in [-0.1, -0.05) is 0 Å². The summed E-state index contributed by atoms with van der Waals surface area (Å²) < 4.78 is 54.8. The van der Waals surface area contributed by atoms with E-state index in [1.165, 1.54) is 0 Å². The summed E-state index contributed by atoms with van der Waals surface area (Å²) in [7, 11) is 0. The van der Waals surface area contributed by atoms with Crippen molar-refractivity contribution in [2.45, 2.75) is 6.18 Å². The summed E-state index contributed by atoms with van der Waals surface area (Å²) in [5, 5.41) is 0. The monoisotopic (exact) mass is 390 g/mol. The van der Waals surface area contributed by atoms with Crippen LogP contribution in [0.2, 0.25) is 0 Å². The number of nitrogens with zero attached hydrogens (tertiary/aromatic N) is 3. The standard InChI is InChI=1S/C13H7BrF4N4O/c14-6-3-7(15)9(4-8(6)19)22-11(23)5-10(13(16,17)18)21-2-1-20-12(21)22/h1-5H,19H2. The van der Waals surface area contributed by atoms with Crippen molar-refractivity contribution < 1.29 is 17.6 Å². The molecule has 1 aromatic carbocycles. The topological polar surface area (TPSA) is 65.3 Å². The van der Waals surface area contributed by atoms with Gasteiger partial charge in [-0.2, -0.15) is 13.2 Å². The average Bonchev–Trinajstić information content (AvgIpc) is 2.90. The molecule has 2 N–H and O–H groups in total. The van der Waals surface area contributed by atoms with Crippen molar-refractivity contribution in [1.82, 2.24) is 14.0 Å². The van der Waals surface area contributed by atoms with Gasteiger partial charge >= 0.3 is 6.18 Å². The van der Waals surface area contributed by atoms with Crippen LogP contribution in [-0.2, 0) is 6.18 Å². The highest BCUT2D eigenvalue weighted by atomic mass is 79.9. The number of alkyl halides is 3. The molecule has 120 valence electrons. The first kappa shape index (κ1) is 15.5. The maximum absolute atomic E-state index is 14.2. The molecule has 0 radical (unpaired) electrons. The smallest absolute Gasteiger partial charge is 0.398 e. The van der Waals surface area contributed by atoms with Crippen molar-refractivity contribution in [3.8, 4) is 5.69 Å². The number of nitrogens with two attached hydrogens (primary N) is 1. The van der Waals surface area contributed by atoms with Gasteiger partial charge in [0.15, 0.2) is 0 Å². The van der Waals surface area contributed by atoms with Crippen LogP contribution in [0.3, 0.4) is 0 Å². The quantitative estimate of drug-likeness (QED) is 0.513. The Morgan fingerprint density at radius 1 is 1.22 bits per heavy atom. The molecule has 23 heavy (non-hydrogen) atoms. The summed E-state index contributed by atoms with van der Waals surface area (Å²) in [4.78, 5) is 15.9. The van der Waals surface area contributed by atoms with Gasteiger partial charge in [0.05, 0.1) is 5.69 Å². The maximum Gasteiger partial charge on any atom is 0.432 e. The van der Waals surface area contributed by atoms with Crippen LogP contribution in [0.15, 0.2) is 39.9 Å². The molecule has 0 atom stereocenters. The van der Waals surface area contributed by atoms with E-state index in [0.717, 1.165) is 29.1 Å². The van der Waals surface area contributed by atoms with E-state index in [0.29, 0.717) is 10.5 Å². The Bertz CT molecular complexity index is 976. The SMILES string of the molecule is Nc1cc(-n2c(=O)cc(C(F)(F)F)n3ccnc23)c(F)cc1Br. The molecule has 0 aliphatic carbocycles. The lowest BCUT2D eigenvalue weighted by atomic mass is 10.2. The van der Waals surface area contributed by atoms with Crippen molar-refractivity contribution >= 4 is 27.4 Å². The Balaban J connectivity index is 2.41. The fourth-order valence-electron chi connectivity index (χ4n) is 2.17. The predicted octanol–water partition coefficient (Wildman–Crippen LogP) is 2.99. The van der Waals surface area contributed by atoms with Crippen molar-refractivity contribution in [3.63, 3.8) is 0 Å². The average molecular weight is 391 g/mol. The van der Waals surface area contributed by atoms with Gasteiger partial charge in [0.2, 0.25) is 5.78 Å². The second-order valence-corrected chi connectivity index (χ2v) is 5.48. The Morgan fingerprint density at radius 2 is 1.91 bits per heavy atom. The Morgan fingerprint density at radius 3 is 2.57 bits per heavy atom. The molecule has 0 fully saturated rings. The molecule has 5 nitrogen and oxygen atoms in total. The highest BCUT2D eigenvalue weighted by molar-refractivity contribution is 9.10. The molecular weight excluding hydrogens is 384 g/mol. The van der Waals surface area contributed by atoms with Gasteiger partial charge in [-0.15, -0.1) is 0 Å². The molecule has 3 rings (SSSR count). The zero-order chi connectivity index (χ0) is 16.9. The highest BCUT2D eigenvalue weighted by Crippen LogP contribution is 2.30. The van der Waals surface area contributed by atoms with Crippen molar-refractivity contribution in [2.75, 3.05) is 5.73 Å². The number of halogens is 5. The van der Waals surface area contributed by atoms with Crippen LogP contribution in [0, 0.1) is 5.82 Å². The van der Waals surface area contributed by atoms with Crippen molar-refractivity contribution in [3.05, 3.63) is 56.9 Å². The van der Waals surface area contributed by atoms with Gasteiger partial charge in [0, 0.05) is 28.6 Å². The number of fused-ring (bicyclic) bond motifs is 1. The summed E-state index contributed by atoms with van der Waals surface area (Å²) in [5.74, 6) is -1.21. The molecule has 0 spiro atoms. The van der Waals surface area contributed by atoms with E-state index in [1.807, 2.05) is 0 Å². The molecule has 0 unspecified atom stereocenters. The van der Waals surface area contributed by atoms with Crippen LogP contribution < -0.4 is 11.3 Å². The first-order valence-electron chi connectivity index (χ1n) is 6.11. The highest BCUT2D eigenvalue weighted by Gasteiger charge is 2.35. The van der Waals surface area contributed by atoms with Gasteiger partial charge in [-0.05, 0) is 28.1 Å². The molecule has 2 aromatic heterocycles. The zero-order valence-corrected chi connectivity index (χ0v) is 12.7. The zero-order valence-electron chi connectivity index (χ0n) is 11.1. The maximum atomic E-state index is 14.2. The van der Waals surface area contributed by atoms with Gasteiger partial charge in [0.25, 0.3) is 5.56 Å². The van der Waals surface area contributed by atoms with Crippen LogP contribution in [0.1, 0.15) is 5.69 Å². The van der Waals surface area contributed by atoms with Crippen LogP contribution in [0.25, 0.3) is 11.5 Å². The fraction of sp³-hybridized carbons (Fsp3) is 0.0769. The summed E-state index contributed by atoms with van der Waals surface area (Å²) in [6, 6.07) is 2.54. The molecule has 0 bridgehead atoms. The molecule has 0 saturated carbocycles. The largest absolute Gasteiger partial charge is 0.432 e. The van der Waals surface area contributed by atoms with E-state index < -0.39 is 23.2 Å². The van der Waals surface area contributed by atoms with Crippen LogP contribution >= 0.6 is 15.9 Å². The minimum atomic E-state index is -4.76. The van der Waals surface area contributed by atoms with Gasteiger partial charge in [-0.25, -0.2) is 13.9 Å². The molecule has 0 aliphatic heterocycles. The second-order valence-electron chi connectivity index (χ2n) is 4.62. The molecule has 3 aromatic rings. The van der Waals surface area contributed by atoms with Gasteiger partial charge in [0.1, 0.15) is 11.5 Å². The van der Waals surface area contributed by atoms with E-state index in [-0.39, 0.29) is 21.6 Å². The first-order chi connectivity index (χ1) is 10.7. The molecule has 0 saturated heterocycles. The number of anilines is 1. The molecule has 10 heteroatoms. The van der Waals surface area contributed by atoms with Crippen LogP contribution in [-0.4, -0.2) is 14.0 Å². The Kier molecular flexibility index (Phi) is 3.43. The summed E-state index contributed by atoms with van der Waals surface area (Å²) in [6.45, 7) is 0. The molecule has 0 aliphatic rings. The second kappa shape index (κ2) is 5.08. The predicted molar refractivity (Wildman–Crippen MR) is 77.9 cm³/mol. The lowest BCUT2D eigenvalue weighted by Crippen LogP contribution is -2.26. The lowest BCUT2D eigenvalue weighted by molar-refractivity contribution is -0.142. The number of aromatic nitrogens is 3. The minimum Gasteiger partial charge on any atom is -0.398 e. The normalized spacial score (nSPS) is 12.0. The van der Waals surface area contributed by atoms with Crippen LogP contribution in [0.4, 0.5) is 23.2 Å². The van der Waals surface area contributed by atoms with Gasteiger partial charge < -0.3 is 5.73 Å². The number of rotatable bonds is 1. The molecule has 2 heterocycles.